The van der Waals surface area contributed by atoms with Crippen molar-refractivity contribution in [1.29, 1.82) is 0 Å². The Labute approximate surface area is 184 Å². The quantitative estimate of drug-likeness (QED) is 0.544. The summed E-state index contributed by atoms with van der Waals surface area (Å²) in [5, 5.41) is 6.86. The first-order valence-corrected chi connectivity index (χ1v) is 12.0. The second kappa shape index (κ2) is 10.1. The molecule has 0 bridgehead atoms. The Kier molecular flexibility index (Phi) is 7.09. The van der Waals surface area contributed by atoms with Crippen molar-refractivity contribution >= 4 is 35.1 Å². The van der Waals surface area contributed by atoms with Gasteiger partial charge in [-0.2, -0.15) is 16.7 Å². The first kappa shape index (κ1) is 21.0. The highest BCUT2D eigenvalue weighted by molar-refractivity contribution is 7.99. The highest BCUT2D eigenvalue weighted by Gasteiger charge is 2.14. The molecular formula is C22H24N4O2S2. The van der Waals surface area contributed by atoms with Crippen molar-refractivity contribution in [3.05, 3.63) is 71.4 Å². The van der Waals surface area contributed by atoms with E-state index < -0.39 is 0 Å². The van der Waals surface area contributed by atoms with Crippen molar-refractivity contribution in [1.82, 2.24) is 15.0 Å². The first-order chi connectivity index (χ1) is 14.7. The van der Waals surface area contributed by atoms with E-state index in [1.807, 2.05) is 48.2 Å². The predicted octanol–water partition coefficient (Wildman–Crippen LogP) is 4.47. The molecule has 0 spiro atoms. The van der Waals surface area contributed by atoms with Crippen LogP contribution < -0.4 is 5.32 Å². The third-order valence-corrected chi connectivity index (χ3v) is 6.75. The Hall–Kier alpha value is -2.29. The van der Waals surface area contributed by atoms with E-state index in [2.05, 4.69) is 32.5 Å². The molecule has 1 fully saturated rings. The molecule has 1 N–H and O–H groups in total. The van der Waals surface area contributed by atoms with E-state index in [0.717, 1.165) is 30.2 Å². The molecule has 6 nitrogen and oxygen atoms in total. The van der Waals surface area contributed by atoms with Gasteiger partial charge in [-0.3, -0.25) is 9.69 Å². The number of hydrogen-bond acceptors (Lipinski definition) is 7. The van der Waals surface area contributed by atoms with Crippen LogP contribution in [-0.2, 0) is 12.3 Å². The van der Waals surface area contributed by atoms with Gasteiger partial charge in [0.25, 0.3) is 5.91 Å². The van der Waals surface area contributed by atoms with Crippen LogP contribution in [0, 0.1) is 6.92 Å². The minimum Gasteiger partial charge on any atom is -0.338 e. The van der Waals surface area contributed by atoms with Gasteiger partial charge in [0, 0.05) is 41.7 Å². The number of anilines is 1. The summed E-state index contributed by atoms with van der Waals surface area (Å²) >= 11 is 3.52. The van der Waals surface area contributed by atoms with Gasteiger partial charge in [0.15, 0.2) is 5.82 Å². The molecule has 156 valence electrons. The van der Waals surface area contributed by atoms with Crippen LogP contribution in [0.3, 0.4) is 0 Å². The van der Waals surface area contributed by atoms with E-state index in [-0.39, 0.29) is 5.91 Å². The van der Waals surface area contributed by atoms with E-state index >= 15 is 0 Å². The number of aryl methyl sites for hydroxylation is 1. The zero-order valence-corrected chi connectivity index (χ0v) is 18.5. The fraction of sp³-hybridized carbons (Fsp3) is 0.318. The number of benzene rings is 2. The summed E-state index contributed by atoms with van der Waals surface area (Å²) in [5.74, 6) is 3.94. The maximum Gasteiger partial charge on any atom is 0.256 e. The zero-order valence-electron chi connectivity index (χ0n) is 16.8. The fourth-order valence-electron chi connectivity index (χ4n) is 3.28. The lowest BCUT2D eigenvalue weighted by atomic mass is 10.1. The third kappa shape index (κ3) is 5.65. The number of thioether (sulfide) groups is 2. The molecule has 1 aliphatic rings. The minimum absolute atomic E-state index is 0.119. The molecule has 1 amide bonds. The lowest BCUT2D eigenvalue weighted by molar-refractivity contribution is 0.102. The molecule has 2 heterocycles. The second-order valence-corrected chi connectivity index (χ2v) is 9.31. The second-order valence-electron chi connectivity index (χ2n) is 7.06. The molecule has 0 aliphatic carbocycles. The highest BCUT2D eigenvalue weighted by atomic mass is 32.2. The zero-order chi connectivity index (χ0) is 20.8. The number of amides is 1. The molecule has 8 heteroatoms. The predicted molar refractivity (Wildman–Crippen MR) is 122 cm³/mol. The molecule has 0 unspecified atom stereocenters. The van der Waals surface area contributed by atoms with Crippen LogP contribution in [0.5, 0.6) is 0 Å². The lowest BCUT2D eigenvalue weighted by Crippen LogP contribution is -2.31. The smallest absolute Gasteiger partial charge is 0.256 e. The summed E-state index contributed by atoms with van der Waals surface area (Å²) < 4.78 is 5.17. The van der Waals surface area contributed by atoms with E-state index in [0.29, 0.717) is 23.0 Å². The van der Waals surface area contributed by atoms with Crippen molar-refractivity contribution in [2.45, 2.75) is 24.1 Å². The molecule has 1 aromatic heterocycles. The van der Waals surface area contributed by atoms with Gasteiger partial charge in [-0.05, 0) is 36.8 Å². The van der Waals surface area contributed by atoms with E-state index in [4.69, 9.17) is 4.52 Å². The van der Waals surface area contributed by atoms with Gasteiger partial charge in [0.1, 0.15) is 0 Å². The van der Waals surface area contributed by atoms with Gasteiger partial charge in [0.05, 0.1) is 11.3 Å². The molecule has 1 saturated heterocycles. The van der Waals surface area contributed by atoms with Gasteiger partial charge in [0.2, 0.25) is 5.89 Å². The molecule has 3 aromatic rings. The van der Waals surface area contributed by atoms with Crippen LogP contribution in [0.25, 0.3) is 0 Å². The number of carbonyl (C=O) groups excluding carboxylic acids is 1. The molecule has 1 aliphatic heterocycles. The molecule has 2 aromatic carbocycles. The summed E-state index contributed by atoms with van der Waals surface area (Å²) in [4.78, 5) is 20.5. The van der Waals surface area contributed by atoms with Crippen LogP contribution in [0.1, 0.15) is 27.6 Å². The van der Waals surface area contributed by atoms with Crippen LogP contribution >= 0.6 is 23.5 Å². The Balaban J connectivity index is 1.41. The largest absolute Gasteiger partial charge is 0.338 e. The van der Waals surface area contributed by atoms with Gasteiger partial charge in [-0.25, -0.2) is 0 Å². The Bertz CT molecular complexity index is 1000. The molecular weight excluding hydrogens is 416 g/mol. The summed E-state index contributed by atoms with van der Waals surface area (Å²) in [6.45, 7) is 4.94. The monoisotopic (exact) mass is 440 g/mol. The van der Waals surface area contributed by atoms with Crippen LogP contribution in [0.15, 0.2) is 57.9 Å². The van der Waals surface area contributed by atoms with E-state index in [1.165, 1.54) is 28.8 Å². The Morgan fingerprint density at radius 2 is 2.03 bits per heavy atom. The van der Waals surface area contributed by atoms with Gasteiger partial charge < -0.3 is 9.84 Å². The number of rotatable bonds is 7. The third-order valence-electron chi connectivity index (χ3n) is 4.75. The normalized spacial score (nSPS) is 14.6. The van der Waals surface area contributed by atoms with E-state index in [1.54, 1.807) is 6.92 Å². The van der Waals surface area contributed by atoms with Crippen molar-refractivity contribution in [2.75, 3.05) is 29.9 Å². The summed E-state index contributed by atoms with van der Waals surface area (Å²) in [6, 6.07) is 15.7. The number of hydrogen-bond donors (Lipinski definition) is 1. The SMILES string of the molecule is Cc1noc(CSc2ccccc2C(=O)Nc2cccc(CN3CCSCC3)c2)n1. The average molecular weight is 441 g/mol. The fourth-order valence-corrected chi connectivity index (χ4v) is 5.15. The first-order valence-electron chi connectivity index (χ1n) is 9.89. The van der Waals surface area contributed by atoms with E-state index in [9.17, 15) is 4.79 Å². The Morgan fingerprint density at radius 3 is 2.83 bits per heavy atom. The van der Waals surface area contributed by atoms with Crippen molar-refractivity contribution in [3.63, 3.8) is 0 Å². The summed E-state index contributed by atoms with van der Waals surface area (Å²) in [7, 11) is 0. The van der Waals surface area contributed by atoms with Crippen molar-refractivity contribution < 1.29 is 9.32 Å². The maximum atomic E-state index is 13.0. The molecule has 0 radical (unpaired) electrons. The number of nitrogens with one attached hydrogen (secondary N) is 1. The number of aromatic nitrogens is 2. The average Bonchev–Trinajstić information content (AvgIpc) is 3.18. The van der Waals surface area contributed by atoms with Crippen LogP contribution in [0.2, 0.25) is 0 Å². The maximum absolute atomic E-state index is 13.0. The Morgan fingerprint density at radius 1 is 1.20 bits per heavy atom. The lowest BCUT2D eigenvalue weighted by Gasteiger charge is -2.26. The molecule has 30 heavy (non-hydrogen) atoms. The topological polar surface area (TPSA) is 71.3 Å². The number of carbonyl (C=O) groups is 1. The minimum atomic E-state index is -0.119. The van der Waals surface area contributed by atoms with Gasteiger partial charge in [-0.1, -0.05) is 29.4 Å². The summed E-state index contributed by atoms with van der Waals surface area (Å²) in [6.07, 6.45) is 0. The van der Waals surface area contributed by atoms with Gasteiger partial charge >= 0.3 is 0 Å². The van der Waals surface area contributed by atoms with Crippen LogP contribution in [-0.4, -0.2) is 45.5 Å². The van der Waals surface area contributed by atoms with Gasteiger partial charge in [-0.15, -0.1) is 11.8 Å². The van der Waals surface area contributed by atoms with Crippen molar-refractivity contribution in [2.24, 2.45) is 0 Å². The summed E-state index contributed by atoms with van der Waals surface area (Å²) in [5.41, 5.74) is 2.67. The number of nitrogens with zero attached hydrogens (tertiary/aromatic N) is 3. The molecule has 0 saturated carbocycles. The molecule has 4 rings (SSSR count). The standard InChI is InChI=1S/C22H24N4O2S2/c1-16-23-21(28-25-16)15-30-20-8-3-2-7-19(20)22(27)24-18-6-4-5-17(13-18)14-26-9-11-29-12-10-26/h2-8,13H,9-12,14-15H2,1H3,(H,24,27). The van der Waals surface area contributed by atoms with Crippen LogP contribution in [0.4, 0.5) is 5.69 Å². The van der Waals surface area contributed by atoms with Crippen molar-refractivity contribution in [3.8, 4) is 0 Å². The molecule has 0 atom stereocenters. The highest BCUT2D eigenvalue weighted by Crippen LogP contribution is 2.27.